The predicted molar refractivity (Wildman–Crippen MR) is 95.3 cm³/mol. The van der Waals surface area contributed by atoms with E-state index in [1.165, 1.54) is 5.56 Å². The molecule has 0 radical (unpaired) electrons. The van der Waals surface area contributed by atoms with Gasteiger partial charge in [0.25, 0.3) is 0 Å². The van der Waals surface area contributed by atoms with Crippen LogP contribution in [0.25, 0.3) is 0 Å². The first-order valence-electron chi connectivity index (χ1n) is 7.95. The fraction of sp³-hybridized carbons (Fsp3) is 0.316. The average Bonchev–Trinajstić information content (AvgIpc) is 2.55. The molecule has 2 aromatic rings. The summed E-state index contributed by atoms with van der Waals surface area (Å²) in [6.07, 6.45) is 0. The van der Waals surface area contributed by atoms with Crippen LogP contribution >= 0.6 is 0 Å². The molecule has 0 saturated heterocycles. The van der Waals surface area contributed by atoms with Gasteiger partial charge in [0, 0.05) is 5.69 Å². The molecule has 4 nitrogen and oxygen atoms in total. The summed E-state index contributed by atoms with van der Waals surface area (Å²) in [6, 6.07) is 15.6. The molecule has 0 aliphatic heterocycles. The predicted octanol–water partition coefficient (Wildman–Crippen LogP) is 4.26. The van der Waals surface area contributed by atoms with Gasteiger partial charge in [-0.15, -0.1) is 0 Å². The van der Waals surface area contributed by atoms with Crippen LogP contribution in [0.3, 0.4) is 0 Å². The number of carbonyl (C=O) groups is 1. The summed E-state index contributed by atoms with van der Waals surface area (Å²) in [7, 11) is 0. The Kier molecular flexibility index (Phi) is 6.03. The lowest BCUT2D eigenvalue weighted by atomic mass is 10.0. The van der Waals surface area contributed by atoms with Crippen molar-refractivity contribution in [2.45, 2.75) is 26.7 Å². The number of para-hydroxylation sites is 2. The Morgan fingerprint density at radius 3 is 2.43 bits per heavy atom. The van der Waals surface area contributed by atoms with Gasteiger partial charge in [-0.25, -0.2) is 0 Å². The second-order valence-electron chi connectivity index (χ2n) is 5.61. The van der Waals surface area contributed by atoms with Crippen molar-refractivity contribution in [3.8, 4) is 5.75 Å². The highest BCUT2D eigenvalue weighted by Crippen LogP contribution is 2.23. The van der Waals surface area contributed by atoms with Gasteiger partial charge in [0.15, 0.2) is 0 Å². The van der Waals surface area contributed by atoms with E-state index in [0.29, 0.717) is 24.0 Å². The SMILES string of the molecule is CCOc1ccccc1NC(=O)CNc1ccc(C(C)C)cc1. The minimum absolute atomic E-state index is 0.106. The lowest BCUT2D eigenvalue weighted by molar-refractivity contribution is -0.114. The van der Waals surface area contributed by atoms with Crippen LogP contribution in [0.15, 0.2) is 48.5 Å². The summed E-state index contributed by atoms with van der Waals surface area (Å²) >= 11 is 0. The second kappa shape index (κ2) is 8.22. The van der Waals surface area contributed by atoms with E-state index in [9.17, 15) is 4.79 Å². The van der Waals surface area contributed by atoms with E-state index in [4.69, 9.17) is 4.74 Å². The third-order valence-electron chi connectivity index (χ3n) is 3.49. The molecule has 0 fully saturated rings. The van der Waals surface area contributed by atoms with Gasteiger partial charge in [0.05, 0.1) is 18.8 Å². The monoisotopic (exact) mass is 312 g/mol. The third kappa shape index (κ3) is 5.02. The summed E-state index contributed by atoms with van der Waals surface area (Å²) in [5, 5.41) is 6.00. The van der Waals surface area contributed by atoms with E-state index in [1.54, 1.807) is 0 Å². The molecule has 2 aromatic carbocycles. The Labute approximate surface area is 137 Å². The van der Waals surface area contributed by atoms with Gasteiger partial charge in [-0.05, 0) is 42.7 Å². The molecule has 0 bridgehead atoms. The van der Waals surface area contributed by atoms with Crippen molar-refractivity contribution in [3.05, 3.63) is 54.1 Å². The summed E-state index contributed by atoms with van der Waals surface area (Å²) in [5.74, 6) is 1.08. The van der Waals surface area contributed by atoms with E-state index >= 15 is 0 Å². The zero-order chi connectivity index (χ0) is 16.7. The maximum absolute atomic E-state index is 12.1. The molecule has 2 rings (SSSR count). The topological polar surface area (TPSA) is 50.4 Å². The van der Waals surface area contributed by atoms with Gasteiger partial charge in [-0.3, -0.25) is 4.79 Å². The molecule has 0 heterocycles. The van der Waals surface area contributed by atoms with Crippen LogP contribution in [0, 0.1) is 0 Å². The number of carbonyl (C=O) groups excluding carboxylic acids is 1. The Hall–Kier alpha value is -2.49. The number of amides is 1. The third-order valence-corrected chi connectivity index (χ3v) is 3.49. The van der Waals surface area contributed by atoms with E-state index in [-0.39, 0.29) is 12.5 Å². The first kappa shape index (κ1) is 16.9. The Morgan fingerprint density at radius 1 is 1.09 bits per heavy atom. The summed E-state index contributed by atoms with van der Waals surface area (Å²) in [4.78, 5) is 12.1. The van der Waals surface area contributed by atoms with Crippen LogP contribution in [-0.2, 0) is 4.79 Å². The Balaban J connectivity index is 1.90. The normalized spacial score (nSPS) is 10.4. The summed E-state index contributed by atoms with van der Waals surface area (Å²) in [6.45, 7) is 7.01. The highest BCUT2D eigenvalue weighted by molar-refractivity contribution is 5.95. The van der Waals surface area contributed by atoms with Crippen molar-refractivity contribution in [2.24, 2.45) is 0 Å². The van der Waals surface area contributed by atoms with E-state index in [0.717, 1.165) is 5.69 Å². The fourth-order valence-corrected chi connectivity index (χ4v) is 2.21. The van der Waals surface area contributed by atoms with Crippen LogP contribution in [0.4, 0.5) is 11.4 Å². The summed E-state index contributed by atoms with van der Waals surface area (Å²) in [5.41, 5.74) is 2.91. The van der Waals surface area contributed by atoms with Gasteiger partial charge in [-0.1, -0.05) is 38.1 Å². The minimum atomic E-state index is -0.106. The van der Waals surface area contributed by atoms with Crippen LogP contribution in [0.5, 0.6) is 5.75 Å². The van der Waals surface area contributed by atoms with Gasteiger partial charge in [0.1, 0.15) is 5.75 Å². The molecule has 0 saturated carbocycles. The highest BCUT2D eigenvalue weighted by Gasteiger charge is 2.07. The Bertz CT molecular complexity index is 636. The molecule has 0 unspecified atom stereocenters. The van der Waals surface area contributed by atoms with E-state index in [2.05, 4.69) is 36.6 Å². The van der Waals surface area contributed by atoms with Gasteiger partial charge in [-0.2, -0.15) is 0 Å². The molecule has 0 aromatic heterocycles. The lowest BCUT2D eigenvalue weighted by Gasteiger charge is -2.12. The number of anilines is 2. The molecular formula is C19H24N2O2. The van der Waals surface area contributed by atoms with Crippen molar-refractivity contribution in [1.29, 1.82) is 0 Å². The van der Waals surface area contributed by atoms with Crippen LogP contribution in [0.1, 0.15) is 32.3 Å². The number of ether oxygens (including phenoxy) is 1. The number of hydrogen-bond acceptors (Lipinski definition) is 3. The van der Waals surface area contributed by atoms with Crippen molar-refractivity contribution >= 4 is 17.3 Å². The summed E-state index contributed by atoms with van der Waals surface area (Å²) < 4.78 is 5.50. The maximum atomic E-state index is 12.1. The van der Waals surface area contributed by atoms with E-state index < -0.39 is 0 Å². The zero-order valence-corrected chi connectivity index (χ0v) is 13.9. The second-order valence-corrected chi connectivity index (χ2v) is 5.61. The fourth-order valence-electron chi connectivity index (χ4n) is 2.21. The average molecular weight is 312 g/mol. The van der Waals surface area contributed by atoms with Crippen LogP contribution < -0.4 is 15.4 Å². The Morgan fingerprint density at radius 2 is 1.78 bits per heavy atom. The lowest BCUT2D eigenvalue weighted by Crippen LogP contribution is -2.22. The molecular weight excluding hydrogens is 288 g/mol. The highest BCUT2D eigenvalue weighted by atomic mass is 16.5. The van der Waals surface area contributed by atoms with Crippen LogP contribution in [0.2, 0.25) is 0 Å². The number of rotatable bonds is 7. The quantitative estimate of drug-likeness (QED) is 0.803. The minimum Gasteiger partial charge on any atom is -0.492 e. The molecule has 122 valence electrons. The largest absolute Gasteiger partial charge is 0.492 e. The first-order valence-corrected chi connectivity index (χ1v) is 7.95. The van der Waals surface area contributed by atoms with Gasteiger partial charge >= 0.3 is 0 Å². The molecule has 23 heavy (non-hydrogen) atoms. The van der Waals surface area contributed by atoms with Gasteiger partial charge in [0.2, 0.25) is 5.91 Å². The number of nitrogens with one attached hydrogen (secondary N) is 2. The maximum Gasteiger partial charge on any atom is 0.243 e. The molecule has 1 amide bonds. The molecule has 0 atom stereocenters. The van der Waals surface area contributed by atoms with Crippen molar-refractivity contribution < 1.29 is 9.53 Å². The number of benzene rings is 2. The standard InChI is InChI=1S/C19H24N2O2/c1-4-23-18-8-6-5-7-17(18)21-19(22)13-20-16-11-9-15(10-12-16)14(2)3/h5-12,14,20H,4,13H2,1-3H3,(H,21,22). The van der Waals surface area contributed by atoms with Gasteiger partial charge < -0.3 is 15.4 Å². The molecule has 2 N–H and O–H groups in total. The molecule has 4 heteroatoms. The van der Waals surface area contributed by atoms with E-state index in [1.807, 2.05) is 43.3 Å². The molecule has 0 aliphatic carbocycles. The van der Waals surface area contributed by atoms with Crippen molar-refractivity contribution in [3.63, 3.8) is 0 Å². The number of hydrogen-bond donors (Lipinski definition) is 2. The molecule has 0 aliphatic rings. The zero-order valence-electron chi connectivity index (χ0n) is 13.9. The molecule has 0 spiro atoms. The van der Waals surface area contributed by atoms with Crippen molar-refractivity contribution in [2.75, 3.05) is 23.8 Å². The van der Waals surface area contributed by atoms with Crippen molar-refractivity contribution in [1.82, 2.24) is 0 Å². The first-order chi connectivity index (χ1) is 11.1. The van der Waals surface area contributed by atoms with Crippen LogP contribution in [-0.4, -0.2) is 19.1 Å². The smallest absolute Gasteiger partial charge is 0.243 e.